The van der Waals surface area contributed by atoms with E-state index in [-0.39, 0.29) is 5.84 Å². The molecule has 1 aromatic rings. The molecule has 0 saturated heterocycles. The third-order valence-corrected chi connectivity index (χ3v) is 3.46. The fourth-order valence-corrected chi connectivity index (χ4v) is 1.80. The molecule has 104 valence electrons. The maximum atomic E-state index is 8.55. The lowest BCUT2D eigenvalue weighted by molar-refractivity contribution is 0.308. The molecule has 1 aliphatic carbocycles. The van der Waals surface area contributed by atoms with Gasteiger partial charge in [-0.05, 0) is 42.5 Å². The fourth-order valence-electron chi connectivity index (χ4n) is 1.80. The molecule has 0 heterocycles. The van der Waals surface area contributed by atoms with E-state index in [9.17, 15) is 0 Å². The highest BCUT2D eigenvalue weighted by Gasteiger charge is 2.36. The Morgan fingerprint density at radius 3 is 2.68 bits per heavy atom. The number of ether oxygens (including phenoxy) is 1. The summed E-state index contributed by atoms with van der Waals surface area (Å²) in [6.07, 6.45) is 2.66. The molecule has 1 aromatic carbocycles. The van der Waals surface area contributed by atoms with E-state index in [1.54, 1.807) is 12.1 Å². The van der Waals surface area contributed by atoms with Gasteiger partial charge in [0.2, 0.25) is 0 Å². The van der Waals surface area contributed by atoms with Crippen molar-refractivity contribution in [2.45, 2.75) is 19.8 Å². The Morgan fingerprint density at radius 2 is 2.11 bits per heavy atom. The van der Waals surface area contributed by atoms with Crippen LogP contribution in [-0.2, 0) is 0 Å². The molecule has 0 radical (unpaired) electrons. The number of nitrogens with one attached hydrogen (secondary N) is 1. The maximum absolute atomic E-state index is 8.55. The van der Waals surface area contributed by atoms with Gasteiger partial charge in [-0.25, -0.2) is 0 Å². The first-order valence-electron chi connectivity index (χ1n) is 6.54. The van der Waals surface area contributed by atoms with Crippen LogP contribution in [-0.4, -0.2) is 30.7 Å². The quantitative estimate of drug-likeness (QED) is 0.229. The van der Waals surface area contributed by atoms with Crippen molar-refractivity contribution in [2.24, 2.45) is 16.3 Å². The number of amidine groups is 1. The number of hydrogen-bond acceptors (Lipinski definition) is 4. The normalized spacial score (nSPS) is 17.2. The smallest absolute Gasteiger partial charge is 0.170 e. The minimum Gasteiger partial charge on any atom is -0.492 e. The first-order chi connectivity index (χ1) is 9.13. The summed E-state index contributed by atoms with van der Waals surface area (Å²) in [5, 5.41) is 14.9. The summed E-state index contributed by atoms with van der Waals surface area (Å²) in [6, 6.07) is 7.16. The average Bonchev–Trinajstić information content (AvgIpc) is 3.16. The zero-order valence-corrected chi connectivity index (χ0v) is 11.2. The molecule has 5 heteroatoms. The standard InChI is InChI=1S/C14H21N3O2/c1-14(6-7-14)10-16-8-9-19-12-4-2-11(3-5-12)13(15)17-18/h2-5,16,18H,6-10H2,1H3,(H2,15,17). The van der Waals surface area contributed by atoms with Gasteiger partial charge in [0.15, 0.2) is 5.84 Å². The van der Waals surface area contributed by atoms with Crippen LogP contribution in [0.2, 0.25) is 0 Å². The molecule has 0 aromatic heterocycles. The van der Waals surface area contributed by atoms with E-state index in [1.807, 2.05) is 12.1 Å². The number of nitrogens with zero attached hydrogens (tertiary/aromatic N) is 1. The summed E-state index contributed by atoms with van der Waals surface area (Å²) in [5.74, 6) is 0.889. The van der Waals surface area contributed by atoms with Crippen LogP contribution < -0.4 is 15.8 Å². The van der Waals surface area contributed by atoms with Crippen molar-refractivity contribution in [1.82, 2.24) is 5.32 Å². The van der Waals surface area contributed by atoms with E-state index in [0.717, 1.165) is 18.8 Å². The molecular weight excluding hydrogens is 242 g/mol. The first-order valence-corrected chi connectivity index (χ1v) is 6.54. The van der Waals surface area contributed by atoms with Crippen LogP contribution in [0.15, 0.2) is 29.4 Å². The lowest BCUT2D eigenvalue weighted by Crippen LogP contribution is -2.26. The molecule has 19 heavy (non-hydrogen) atoms. The molecule has 1 fully saturated rings. The molecule has 4 N–H and O–H groups in total. The van der Waals surface area contributed by atoms with Crippen molar-refractivity contribution in [3.63, 3.8) is 0 Å². The molecule has 2 rings (SSSR count). The summed E-state index contributed by atoms with van der Waals surface area (Å²) in [6.45, 7) is 4.85. The highest BCUT2D eigenvalue weighted by atomic mass is 16.5. The Kier molecular flexibility index (Phi) is 4.27. The van der Waals surface area contributed by atoms with Crippen molar-refractivity contribution in [2.75, 3.05) is 19.7 Å². The topological polar surface area (TPSA) is 79.9 Å². The van der Waals surface area contributed by atoms with Crippen molar-refractivity contribution in [1.29, 1.82) is 0 Å². The Bertz CT molecular complexity index is 439. The summed E-state index contributed by atoms with van der Waals surface area (Å²) < 4.78 is 5.60. The second-order valence-electron chi connectivity index (χ2n) is 5.35. The highest BCUT2D eigenvalue weighted by Crippen LogP contribution is 2.43. The van der Waals surface area contributed by atoms with E-state index in [4.69, 9.17) is 15.7 Å². The molecule has 0 aliphatic heterocycles. The average molecular weight is 263 g/mol. The SMILES string of the molecule is CC1(CNCCOc2ccc(/C(N)=N/O)cc2)CC1. The van der Waals surface area contributed by atoms with Gasteiger partial charge in [0, 0.05) is 18.7 Å². The molecule has 0 atom stereocenters. The van der Waals surface area contributed by atoms with Crippen molar-refractivity contribution < 1.29 is 9.94 Å². The lowest BCUT2D eigenvalue weighted by atomic mass is 10.1. The molecule has 0 bridgehead atoms. The van der Waals surface area contributed by atoms with E-state index >= 15 is 0 Å². The van der Waals surface area contributed by atoms with Gasteiger partial charge in [-0.15, -0.1) is 0 Å². The Hall–Kier alpha value is -1.75. The highest BCUT2D eigenvalue weighted by molar-refractivity contribution is 5.97. The predicted octanol–water partition coefficient (Wildman–Crippen LogP) is 1.55. The molecule has 1 saturated carbocycles. The van der Waals surface area contributed by atoms with Crippen LogP contribution in [0.1, 0.15) is 25.3 Å². The number of benzene rings is 1. The Balaban J connectivity index is 1.68. The lowest BCUT2D eigenvalue weighted by Gasteiger charge is -2.11. The van der Waals surface area contributed by atoms with Crippen molar-refractivity contribution >= 4 is 5.84 Å². The van der Waals surface area contributed by atoms with Gasteiger partial charge in [-0.2, -0.15) is 0 Å². The Labute approximate surface area is 113 Å². The van der Waals surface area contributed by atoms with Crippen LogP contribution in [0.4, 0.5) is 0 Å². The van der Waals surface area contributed by atoms with Gasteiger partial charge >= 0.3 is 0 Å². The second-order valence-corrected chi connectivity index (χ2v) is 5.35. The molecule has 5 nitrogen and oxygen atoms in total. The maximum Gasteiger partial charge on any atom is 0.170 e. The number of oxime groups is 1. The van der Waals surface area contributed by atoms with E-state index in [2.05, 4.69) is 17.4 Å². The van der Waals surface area contributed by atoms with Crippen molar-refractivity contribution in [3.05, 3.63) is 29.8 Å². The third-order valence-electron chi connectivity index (χ3n) is 3.46. The molecule has 1 aliphatic rings. The van der Waals surface area contributed by atoms with Crippen LogP contribution >= 0.6 is 0 Å². The Morgan fingerprint density at radius 1 is 1.42 bits per heavy atom. The summed E-state index contributed by atoms with van der Waals surface area (Å²) in [4.78, 5) is 0. The molecule has 0 amide bonds. The van der Waals surface area contributed by atoms with Crippen LogP contribution in [0, 0.1) is 5.41 Å². The van der Waals surface area contributed by atoms with Gasteiger partial charge in [0.05, 0.1) is 0 Å². The summed E-state index contributed by atoms with van der Waals surface area (Å²) >= 11 is 0. The van der Waals surface area contributed by atoms with Gasteiger partial charge in [-0.3, -0.25) is 0 Å². The van der Waals surface area contributed by atoms with E-state index < -0.39 is 0 Å². The number of rotatable bonds is 7. The van der Waals surface area contributed by atoms with Crippen LogP contribution in [0.25, 0.3) is 0 Å². The van der Waals surface area contributed by atoms with E-state index in [0.29, 0.717) is 17.6 Å². The molecular formula is C14H21N3O2. The van der Waals surface area contributed by atoms with Gasteiger partial charge in [0.25, 0.3) is 0 Å². The van der Waals surface area contributed by atoms with Gasteiger partial charge in [-0.1, -0.05) is 12.1 Å². The second kappa shape index (κ2) is 5.93. The zero-order valence-electron chi connectivity index (χ0n) is 11.2. The summed E-state index contributed by atoms with van der Waals surface area (Å²) in [5.41, 5.74) is 6.69. The molecule has 0 spiro atoms. The largest absolute Gasteiger partial charge is 0.492 e. The van der Waals surface area contributed by atoms with Gasteiger partial charge in [0.1, 0.15) is 12.4 Å². The van der Waals surface area contributed by atoms with Crippen LogP contribution in [0.3, 0.4) is 0 Å². The molecule has 0 unspecified atom stereocenters. The van der Waals surface area contributed by atoms with E-state index in [1.165, 1.54) is 12.8 Å². The first kappa shape index (κ1) is 13.7. The monoisotopic (exact) mass is 263 g/mol. The predicted molar refractivity (Wildman–Crippen MR) is 74.7 cm³/mol. The fraction of sp³-hybridized carbons (Fsp3) is 0.500. The summed E-state index contributed by atoms with van der Waals surface area (Å²) in [7, 11) is 0. The minimum atomic E-state index is 0.103. The number of hydrogen-bond donors (Lipinski definition) is 3. The minimum absolute atomic E-state index is 0.103. The zero-order chi connectivity index (χ0) is 13.7. The van der Waals surface area contributed by atoms with Crippen LogP contribution in [0.5, 0.6) is 5.75 Å². The van der Waals surface area contributed by atoms with Crippen molar-refractivity contribution in [3.8, 4) is 5.75 Å². The number of nitrogens with two attached hydrogens (primary N) is 1. The van der Waals surface area contributed by atoms with Gasteiger partial charge < -0.3 is 21.0 Å². The third kappa shape index (κ3) is 4.13.